The fourth-order valence-corrected chi connectivity index (χ4v) is 1.88. The molecule has 0 aromatic carbocycles. The van der Waals surface area contributed by atoms with E-state index in [0.29, 0.717) is 12.2 Å². The van der Waals surface area contributed by atoms with E-state index in [4.69, 9.17) is 9.47 Å². The summed E-state index contributed by atoms with van der Waals surface area (Å²) >= 11 is 0. The molecule has 0 heterocycles. The average Bonchev–Trinajstić information content (AvgIpc) is 2.06. The molecule has 2 nitrogen and oxygen atoms in total. The summed E-state index contributed by atoms with van der Waals surface area (Å²) in [5, 5.41) is 0. The Morgan fingerprint density at radius 1 is 1.00 bits per heavy atom. The molecule has 0 spiro atoms. The minimum Gasteiger partial charge on any atom is -0.378 e. The van der Waals surface area contributed by atoms with Crippen molar-refractivity contribution in [1.82, 2.24) is 0 Å². The van der Waals surface area contributed by atoms with Gasteiger partial charge in [0.1, 0.15) is 0 Å². The van der Waals surface area contributed by atoms with E-state index in [1.807, 2.05) is 0 Å². The Bertz CT molecular complexity index is 98.4. The zero-order chi connectivity index (χ0) is 8.81. The van der Waals surface area contributed by atoms with Gasteiger partial charge < -0.3 is 9.47 Å². The van der Waals surface area contributed by atoms with E-state index in [1.54, 1.807) is 0 Å². The average molecular weight is 172 g/mol. The number of hydrogen-bond donors (Lipinski definition) is 0. The van der Waals surface area contributed by atoms with Gasteiger partial charge in [-0.3, -0.25) is 0 Å². The second-order valence-corrected chi connectivity index (χ2v) is 3.32. The van der Waals surface area contributed by atoms with Crippen molar-refractivity contribution >= 4 is 0 Å². The standard InChI is InChI=1S/C10H20O2/c1-3-11-9-6-5-7-10(8-9)12-4-2/h9-10H,3-8H2,1-2H3. The van der Waals surface area contributed by atoms with Crippen LogP contribution in [0.15, 0.2) is 0 Å². The lowest BCUT2D eigenvalue weighted by Crippen LogP contribution is -2.28. The van der Waals surface area contributed by atoms with Gasteiger partial charge in [0.05, 0.1) is 12.2 Å². The van der Waals surface area contributed by atoms with Crippen molar-refractivity contribution in [2.75, 3.05) is 13.2 Å². The Morgan fingerprint density at radius 3 is 1.92 bits per heavy atom. The fraction of sp³-hybridized carbons (Fsp3) is 1.00. The monoisotopic (exact) mass is 172 g/mol. The smallest absolute Gasteiger partial charge is 0.0599 e. The van der Waals surface area contributed by atoms with Gasteiger partial charge in [-0.15, -0.1) is 0 Å². The SMILES string of the molecule is CCOC1CCCC(OCC)C1. The number of ether oxygens (including phenoxy) is 2. The van der Waals surface area contributed by atoms with Crippen LogP contribution < -0.4 is 0 Å². The third kappa shape index (κ3) is 3.11. The van der Waals surface area contributed by atoms with Gasteiger partial charge >= 0.3 is 0 Å². The molecule has 1 aliphatic rings. The van der Waals surface area contributed by atoms with E-state index < -0.39 is 0 Å². The Labute approximate surface area is 75.2 Å². The number of hydrogen-bond acceptors (Lipinski definition) is 2. The van der Waals surface area contributed by atoms with Crippen LogP contribution in [0.5, 0.6) is 0 Å². The maximum absolute atomic E-state index is 5.58. The first kappa shape index (κ1) is 10.0. The van der Waals surface area contributed by atoms with Gasteiger partial charge in [-0.1, -0.05) is 0 Å². The summed E-state index contributed by atoms with van der Waals surface area (Å²) < 4.78 is 11.2. The topological polar surface area (TPSA) is 18.5 Å². The summed E-state index contributed by atoms with van der Waals surface area (Å²) in [5.74, 6) is 0. The van der Waals surface area contributed by atoms with E-state index >= 15 is 0 Å². The molecule has 72 valence electrons. The Hall–Kier alpha value is -0.0800. The van der Waals surface area contributed by atoms with Gasteiger partial charge in [0.2, 0.25) is 0 Å². The maximum atomic E-state index is 5.58. The summed E-state index contributed by atoms with van der Waals surface area (Å²) in [6, 6.07) is 0. The lowest BCUT2D eigenvalue weighted by molar-refractivity contribution is -0.0379. The quantitative estimate of drug-likeness (QED) is 0.648. The van der Waals surface area contributed by atoms with Gasteiger partial charge in [0.15, 0.2) is 0 Å². The zero-order valence-electron chi connectivity index (χ0n) is 8.21. The van der Waals surface area contributed by atoms with Gasteiger partial charge in [0, 0.05) is 13.2 Å². The van der Waals surface area contributed by atoms with Crippen molar-refractivity contribution in [1.29, 1.82) is 0 Å². The summed E-state index contributed by atoms with van der Waals surface area (Å²) in [7, 11) is 0. The molecule has 0 N–H and O–H groups in total. The largest absolute Gasteiger partial charge is 0.378 e. The molecular weight excluding hydrogens is 152 g/mol. The highest BCUT2D eigenvalue weighted by molar-refractivity contribution is 4.73. The van der Waals surface area contributed by atoms with Crippen LogP contribution in [0.1, 0.15) is 39.5 Å². The molecule has 2 atom stereocenters. The van der Waals surface area contributed by atoms with Crippen LogP contribution in [-0.2, 0) is 9.47 Å². The van der Waals surface area contributed by atoms with Crippen LogP contribution in [0.4, 0.5) is 0 Å². The minimum atomic E-state index is 0.459. The lowest BCUT2D eigenvalue weighted by atomic mass is 9.95. The third-order valence-electron chi connectivity index (χ3n) is 2.38. The molecule has 0 bridgehead atoms. The second kappa shape index (κ2) is 5.55. The molecule has 0 aromatic heterocycles. The van der Waals surface area contributed by atoms with E-state index in [0.717, 1.165) is 19.6 Å². The molecular formula is C10H20O2. The van der Waals surface area contributed by atoms with Crippen LogP contribution in [0.3, 0.4) is 0 Å². The molecule has 1 saturated carbocycles. The van der Waals surface area contributed by atoms with E-state index in [2.05, 4.69) is 13.8 Å². The first-order valence-electron chi connectivity index (χ1n) is 5.10. The number of rotatable bonds is 4. The maximum Gasteiger partial charge on any atom is 0.0599 e. The predicted octanol–water partition coefficient (Wildman–Crippen LogP) is 2.37. The molecule has 1 aliphatic carbocycles. The summed E-state index contributed by atoms with van der Waals surface area (Å²) in [6.07, 6.45) is 5.71. The minimum absolute atomic E-state index is 0.459. The predicted molar refractivity (Wildman–Crippen MR) is 49.3 cm³/mol. The molecule has 0 aliphatic heterocycles. The molecule has 0 aromatic rings. The van der Waals surface area contributed by atoms with E-state index in [9.17, 15) is 0 Å². The van der Waals surface area contributed by atoms with Crippen LogP contribution in [-0.4, -0.2) is 25.4 Å². The highest BCUT2D eigenvalue weighted by Crippen LogP contribution is 2.23. The van der Waals surface area contributed by atoms with Crippen molar-refractivity contribution in [2.24, 2.45) is 0 Å². The molecule has 0 saturated heterocycles. The van der Waals surface area contributed by atoms with Crippen molar-refractivity contribution in [3.63, 3.8) is 0 Å². The molecule has 0 radical (unpaired) electrons. The van der Waals surface area contributed by atoms with Crippen LogP contribution in [0.2, 0.25) is 0 Å². The van der Waals surface area contributed by atoms with E-state index in [-0.39, 0.29) is 0 Å². The van der Waals surface area contributed by atoms with Gasteiger partial charge in [-0.05, 0) is 39.5 Å². The van der Waals surface area contributed by atoms with Crippen LogP contribution in [0, 0.1) is 0 Å². The lowest BCUT2D eigenvalue weighted by Gasteiger charge is -2.28. The van der Waals surface area contributed by atoms with Crippen molar-refractivity contribution in [3.05, 3.63) is 0 Å². The van der Waals surface area contributed by atoms with Gasteiger partial charge in [-0.2, -0.15) is 0 Å². The summed E-state index contributed by atoms with van der Waals surface area (Å²) in [4.78, 5) is 0. The molecule has 12 heavy (non-hydrogen) atoms. The Balaban J connectivity index is 2.20. The summed E-state index contributed by atoms with van der Waals surface area (Å²) in [5.41, 5.74) is 0. The molecule has 1 rings (SSSR count). The third-order valence-corrected chi connectivity index (χ3v) is 2.38. The molecule has 1 fully saturated rings. The van der Waals surface area contributed by atoms with Crippen LogP contribution in [0.25, 0.3) is 0 Å². The second-order valence-electron chi connectivity index (χ2n) is 3.32. The fourth-order valence-electron chi connectivity index (χ4n) is 1.88. The van der Waals surface area contributed by atoms with Crippen molar-refractivity contribution in [2.45, 2.75) is 51.7 Å². The molecule has 0 amide bonds. The van der Waals surface area contributed by atoms with Gasteiger partial charge in [-0.25, -0.2) is 0 Å². The highest BCUT2D eigenvalue weighted by atomic mass is 16.5. The van der Waals surface area contributed by atoms with Crippen molar-refractivity contribution < 1.29 is 9.47 Å². The van der Waals surface area contributed by atoms with Crippen LogP contribution >= 0.6 is 0 Å². The van der Waals surface area contributed by atoms with Crippen molar-refractivity contribution in [3.8, 4) is 0 Å². The highest BCUT2D eigenvalue weighted by Gasteiger charge is 2.21. The molecule has 2 heteroatoms. The first-order chi connectivity index (χ1) is 5.86. The summed E-state index contributed by atoms with van der Waals surface area (Å²) in [6.45, 7) is 5.79. The Kier molecular flexibility index (Phi) is 4.62. The molecule has 2 unspecified atom stereocenters. The normalized spacial score (nSPS) is 30.5. The Morgan fingerprint density at radius 2 is 1.50 bits per heavy atom. The van der Waals surface area contributed by atoms with Gasteiger partial charge in [0.25, 0.3) is 0 Å². The van der Waals surface area contributed by atoms with E-state index in [1.165, 1.54) is 19.3 Å². The zero-order valence-corrected chi connectivity index (χ0v) is 8.21. The first-order valence-corrected chi connectivity index (χ1v) is 5.10.